The Labute approximate surface area is 471 Å². The predicted octanol–water partition coefficient (Wildman–Crippen LogP) is 18.4. The highest BCUT2D eigenvalue weighted by Gasteiger charge is 2.31. The van der Waals surface area contributed by atoms with Crippen LogP contribution in [0.5, 0.6) is 0 Å². The number of esters is 2. The first-order chi connectivity index (χ1) is 39.7. The highest BCUT2D eigenvalue weighted by atomic mass is 16.5. The summed E-state index contributed by atoms with van der Waals surface area (Å²) >= 11 is 0. The molecule has 0 spiro atoms. The summed E-state index contributed by atoms with van der Waals surface area (Å²) < 4.78 is 35.8. The van der Waals surface area contributed by atoms with E-state index in [1.807, 2.05) is 158 Å². The Hall–Kier alpha value is -9.74. The number of benzene rings is 10. The molecule has 14 aromatic rings. The number of fused-ring (bicyclic) bond motifs is 12. The van der Waals surface area contributed by atoms with Crippen LogP contribution in [0, 0.1) is 0 Å². The molecule has 0 aliphatic heterocycles. The SMILES string of the molecule is CC(C)(O)c1cc(-c2cccc3oc4ccccc4c23)c(C(C)(C)O)cc1-c1cccc2oc3ccccc3c12.CCOC(=O)c1cc(-c2cccc3oc4ccccc4c23)c(C(=O)OCC)cc1-c1cccc2oc3ccccc3c12. The Bertz CT molecular complexity index is 4550. The van der Waals surface area contributed by atoms with Crippen LogP contribution in [0.15, 0.2) is 212 Å². The van der Waals surface area contributed by atoms with Crippen LogP contribution in [0.4, 0.5) is 0 Å². The number of ether oxygens (including phenoxy) is 2. The average Bonchev–Trinajstić information content (AvgIpc) is 3.83. The lowest BCUT2D eigenvalue weighted by Crippen LogP contribution is -2.21. The van der Waals surface area contributed by atoms with Gasteiger partial charge in [0.1, 0.15) is 44.7 Å². The second kappa shape index (κ2) is 20.1. The molecular formula is C72H56O10. The summed E-state index contributed by atoms with van der Waals surface area (Å²) in [5.41, 5.74) is 12.1. The van der Waals surface area contributed by atoms with E-state index >= 15 is 0 Å². The normalized spacial score (nSPS) is 12.1. The third kappa shape index (κ3) is 8.75. The van der Waals surface area contributed by atoms with Crippen molar-refractivity contribution in [1.29, 1.82) is 0 Å². The van der Waals surface area contributed by atoms with Crippen molar-refractivity contribution in [2.24, 2.45) is 0 Å². The van der Waals surface area contributed by atoms with E-state index in [1.165, 1.54) is 0 Å². The highest BCUT2D eigenvalue weighted by molar-refractivity contribution is 6.19. The lowest BCUT2D eigenvalue weighted by atomic mass is 9.79. The molecule has 14 rings (SSSR count). The molecule has 0 radical (unpaired) electrons. The smallest absolute Gasteiger partial charge is 0.338 e. The molecule has 404 valence electrons. The van der Waals surface area contributed by atoms with Gasteiger partial charge in [0.2, 0.25) is 0 Å². The van der Waals surface area contributed by atoms with E-state index in [-0.39, 0.29) is 13.2 Å². The van der Waals surface area contributed by atoms with E-state index < -0.39 is 23.1 Å². The molecule has 0 aliphatic rings. The number of rotatable bonds is 10. The van der Waals surface area contributed by atoms with Crippen molar-refractivity contribution in [1.82, 2.24) is 0 Å². The minimum Gasteiger partial charge on any atom is -0.462 e. The van der Waals surface area contributed by atoms with Crippen molar-refractivity contribution in [2.45, 2.75) is 52.7 Å². The Morgan fingerprint density at radius 3 is 0.866 bits per heavy atom. The Balaban J connectivity index is 0.000000154. The molecule has 0 aliphatic carbocycles. The maximum absolute atomic E-state index is 13.6. The van der Waals surface area contributed by atoms with Gasteiger partial charge in [-0.15, -0.1) is 0 Å². The van der Waals surface area contributed by atoms with Gasteiger partial charge in [0, 0.05) is 43.1 Å². The van der Waals surface area contributed by atoms with Crippen LogP contribution in [0.3, 0.4) is 0 Å². The lowest BCUT2D eigenvalue weighted by molar-refractivity contribution is 0.0513. The quantitative estimate of drug-likeness (QED) is 0.127. The third-order valence-electron chi connectivity index (χ3n) is 15.4. The van der Waals surface area contributed by atoms with Crippen molar-refractivity contribution >= 4 is 99.7 Å². The van der Waals surface area contributed by atoms with Gasteiger partial charge in [0.25, 0.3) is 0 Å². The lowest BCUT2D eigenvalue weighted by Gasteiger charge is -2.29. The molecule has 0 atom stereocenters. The molecule has 0 saturated carbocycles. The molecule has 0 amide bonds. The van der Waals surface area contributed by atoms with Crippen LogP contribution >= 0.6 is 0 Å². The summed E-state index contributed by atoms with van der Waals surface area (Å²) in [4.78, 5) is 27.2. The van der Waals surface area contributed by atoms with Crippen LogP contribution in [0.25, 0.3) is 132 Å². The van der Waals surface area contributed by atoms with Crippen LogP contribution in [0.1, 0.15) is 73.4 Å². The van der Waals surface area contributed by atoms with Crippen LogP contribution in [0.2, 0.25) is 0 Å². The largest absolute Gasteiger partial charge is 0.462 e. The predicted molar refractivity (Wildman–Crippen MR) is 326 cm³/mol. The fraction of sp³-hybridized carbons (Fsp3) is 0.139. The molecule has 10 nitrogen and oxygen atoms in total. The van der Waals surface area contributed by atoms with Crippen LogP contribution in [-0.4, -0.2) is 35.4 Å². The summed E-state index contributed by atoms with van der Waals surface area (Å²) in [5, 5.41) is 30.7. The molecule has 0 fully saturated rings. The van der Waals surface area contributed by atoms with Gasteiger partial charge in [0.15, 0.2) is 0 Å². The fourth-order valence-corrected chi connectivity index (χ4v) is 11.9. The van der Waals surface area contributed by atoms with Crippen LogP contribution < -0.4 is 0 Å². The Kier molecular flexibility index (Phi) is 12.7. The van der Waals surface area contributed by atoms with Crippen molar-refractivity contribution in [3.05, 3.63) is 216 Å². The topological polar surface area (TPSA) is 146 Å². The molecule has 4 aromatic heterocycles. The second-order valence-electron chi connectivity index (χ2n) is 21.6. The first kappa shape index (κ1) is 51.7. The number of carbonyl (C=O) groups is 2. The van der Waals surface area contributed by atoms with Crippen molar-refractivity contribution in [3.63, 3.8) is 0 Å². The first-order valence-corrected chi connectivity index (χ1v) is 27.5. The highest BCUT2D eigenvalue weighted by Crippen LogP contribution is 2.48. The van der Waals surface area contributed by atoms with Crippen molar-refractivity contribution in [3.8, 4) is 44.5 Å². The summed E-state index contributed by atoms with van der Waals surface area (Å²) in [6.07, 6.45) is 0. The van der Waals surface area contributed by atoms with E-state index in [1.54, 1.807) is 53.7 Å². The number of aliphatic hydroxyl groups is 2. The zero-order valence-electron chi connectivity index (χ0n) is 46.0. The van der Waals surface area contributed by atoms with Gasteiger partial charge >= 0.3 is 11.9 Å². The van der Waals surface area contributed by atoms with E-state index in [2.05, 4.69) is 24.3 Å². The monoisotopic (exact) mass is 1080 g/mol. The van der Waals surface area contributed by atoms with Gasteiger partial charge in [-0.1, -0.05) is 121 Å². The zero-order chi connectivity index (χ0) is 56.6. The van der Waals surface area contributed by atoms with E-state index in [0.29, 0.717) is 33.4 Å². The molecule has 0 saturated heterocycles. The molecule has 0 unspecified atom stereocenters. The molecule has 10 heteroatoms. The van der Waals surface area contributed by atoms with Crippen molar-refractivity contribution < 1.29 is 46.9 Å². The number of furan rings is 4. The van der Waals surface area contributed by atoms with Gasteiger partial charge in [-0.25, -0.2) is 9.59 Å². The fourth-order valence-electron chi connectivity index (χ4n) is 11.9. The molecular weight excluding hydrogens is 1020 g/mol. The van der Waals surface area contributed by atoms with Gasteiger partial charge < -0.3 is 37.4 Å². The maximum atomic E-state index is 13.6. The summed E-state index contributed by atoms with van der Waals surface area (Å²) in [7, 11) is 0. The zero-order valence-corrected chi connectivity index (χ0v) is 46.0. The number of carbonyl (C=O) groups excluding carboxylic acids is 2. The van der Waals surface area contributed by atoms with Gasteiger partial charge in [-0.2, -0.15) is 0 Å². The summed E-state index contributed by atoms with van der Waals surface area (Å²) in [6.45, 7) is 11.2. The van der Waals surface area contributed by atoms with Gasteiger partial charge in [-0.3, -0.25) is 0 Å². The third-order valence-corrected chi connectivity index (χ3v) is 15.4. The molecule has 82 heavy (non-hydrogen) atoms. The minimum atomic E-state index is -1.17. The summed E-state index contributed by atoms with van der Waals surface area (Å²) in [6, 6.07) is 62.5. The average molecular weight is 1080 g/mol. The van der Waals surface area contributed by atoms with E-state index in [4.69, 9.17) is 27.1 Å². The van der Waals surface area contributed by atoms with E-state index in [9.17, 15) is 19.8 Å². The minimum absolute atomic E-state index is 0.202. The summed E-state index contributed by atoms with van der Waals surface area (Å²) in [5.74, 6) is -0.976. The van der Waals surface area contributed by atoms with Gasteiger partial charge in [0.05, 0.1) is 35.5 Å². The van der Waals surface area contributed by atoms with E-state index in [0.717, 1.165) is 121 Å². The number of para-hydroxylation sites is 4. The molecule has 2 N–H and O–H groups in total. The molecule has 0 bridgehead atoms. The Morgan fingerprint density at radius 2 is 0.598 bits per heavy atom. The maximum Gasteiger partial charge on any atom is 0.338 e. The van der Waals surface area contributed by atoms with Crippen molar-refractivity contribution in [2.75, 3.05) is 13.2 Å². The molecule has 4 heterocycles. The number of hydrogen-bond donors (Lipinski definition) is 2. The second-order valence-corrected chi connectivity index (χ2v) is 21.6. The Morgan fingerprint density at radius 1 is 0.341 bits per heavy atom. The molecule has 10 aromatic carbocycles. The first-order valence-electron chi connectivity index (χ1n) is 27.5. The number of hydrogen-bond acceptors (Lipinski definition) is 10. The van der Waals surface area contributed by atoms with Gasteiger partial charge in [-0.05, 0) is 170 Å². The van der Waals surface area contributed by atoms with Crippen LogP contribution in [-0.2, 0) is 20.7 Å². The standard InChI is InChI=1S/C36H26O6.C36H30O4/c1-3-39-35(37)27-19-26(22-14-10-18-32-34(22)24-12-6-8-16-30(24)42-32)28(36(38)40-4-2)20-25(27)21-13-9-17-31-33(21)23-11-5-7-15-29(23)41-31;1-35(2,37)27-19-26(22-14-10-18-32-34(22)24-12-6-8-16-30(24)40-32)28(36(3,4)38)20-25(27)21-13-9-17-31-33(21)23-11-5-7-15-29(23)39-31/h5-20H,3-4H2,1-2H3;5-20,37-38H,1-4H3.